The lowest BCUT2D eigenvalue weighted by Gasteiger charge is -2.12. The Hall–Kier alpha value is -2.10. The molecule has 0 bridgehead atoms. The molecule has 0 unspecified atom stereocenters. The third-order valence-corrected chi connectivity index (χ3v) is 3.51. The molecule has 1 fully saturated rings. The maximum Gasteiger partial charge on any atom is 0.148 e. The highest BCUT2D eigenvalue weighted by Crippen LogP contribution is 2.33. The van der Waals surface area contributed by atoms with Gasteiger partial charge in [0, 0.05) is 11.6 Å². The van der Waals surface area contributed by atoms with E-state index in [0.29, 0.717) is 6.04 Å². The standard InChI is InChI=1S/C16H19N3O/c1-10-8-11(2)16(14(9-10)20-3)13-6-7-15(19-18-13)17-12-4-5-12/h6-9,12H,4-5H2,1-3H3,(H,17,19). The van der Waals surface area contributed by atoms with E-state index in [1.807, 2.05) is 18.2 Å². The minimum absolute atomic E-state index is 0.589. The molecule has 0 aliphatic heterocycles. The fraction of sp³-hybridized carbons (Fsp3) is 0.375. The van der Waals surface area contributed by atoms with Gasteiger partial charge in [-0.1, -0.05) is 6.07 Å². The summed E-state index contributed by atoms with van der Waals surface area (Å²) in [6.07, 6.45) is 2.46. The monoisotopic (exact) mass is 269 g/mol. The number of aryl methyl sites for hydroxylation is 2. The lowest BCUT2D eigenvalue weighted by molar-refractivity contribution is 0.415. The molecule has 0 amide bonds. The second kappa shape index (κ2) is 5.12. The van der Waals surface area contributed by atoms with E-state index in [1.54, 1.807) is 7.11 Å². The van der Waals surface area contributed by atoms with Crippen molar-refractivity contribution < 1.29 is 4.74 Å². The molecular weight excluding hydrogens is 250 g/mol. The van der Waals surface area contributed by atoms with E-state index in [2.05, 4.69) is 35.4 Å². The van der Waals surface area contributed by atoms with Crippen LogP contribution in [0.4, 0.5) is 5.82 Å². The van der Waals surface area contributed by atoms with E-state index in [0.717, 1.165) is 28.4 Å². The number of hydrogen-bond donors (Lipinski definition) is 1. The number of hydrogen-bond acceptors (Lipinski definition) is 4. The Morgan fingerprint density at radius 1 is 1.15 bits per heavy atom. The van der Waals surface area contributed by atoms with Crippen LogP contribution in [0.1, 0.15) is 24.0 Å². The van der Waals surface area contributed by atoms with Crippen LogP contribution in [-0.2, 0) is 0 Å². The molecule has 0 spiro atoms. The van der Waals surface area contributed by atoms with Crippen LogP contribution >= 0.6 is 0 Å². The SMILES string of the molecule is COc1cc(C)cc(C)c1-c1ccc(NC2CC2)nn1. The second-order valence-corrected chi connectivity index (χ2v) is 5.38. The predicted molar refractivity (Wildman–Crippen MR) is 80.1 cm³/mol. The number of nitrogens with zero attached hydrogens (tertiary/aromatic N) is 2. The molecule has 0 radical (unpaired) electrons. The normalized spacial score (nSPS) is 14.2. The topological polar surface area (TPSA) is 47.0 Å². The Morgan fingerprint density at radius 3 is 2.55 bits per heavy atom. The van der Waals surface area contributed by atoms with E-state index in [1.165, 1.54) is 18.4 Å². The number of rotatable bonds is 4. The molecule has 4 heteroatoms. The first-order valence-corrected chi connectivity index (χ1v) is 6.93. The molecule has 104 valence electrons. The molecular formula is C16H19N3O. The van der Waals surface area contributed by atoms with E-state index in [4.69, 9.17) is 4.74 Å². The number of methoxy groups -OCH3 is 1. The highest BCUT2D eigenvalue weighted by molar-refractivity contribution is 5.71. The Kier molecular flexibility index (Phi) is 3.30. The van der Waals surface area contributed by atoms with Crippen molar-refractivity contribution in [3.8, 4) is 17.0 Å². The molecule has 2 aromatic rings. The van der Waals surface area contributed by atoms with Crippen molar-refractivity contribution in [2.24, 2.45) is 0 Å². The summed E-state index contributed by atoms with van der Waals surface area (Å²) < 4.78 is 5.48. The van der Waals surface area contributed by atoms with Gasteiger partial charge in [-0.2, -0.15) is 0 Å². The Labute approximate surface area is 119 Å². The van der Waals surface area contributed by atoms with Crippen molar-refractivity contribution in [2.45, 2.75) is 32.7 Å². The average molecular weight is 269 g/mol. The molecule has 1 heterocycles. The maximum absolute atomic E-state index is 5.48. The van der Waals surface area contributed by atoms with Gasteiger partial charge in [0.15, 0.2) is 0 Å². The van der Waals surface area contributed by atoms with Gasteiger partial charge in [-0.25, -0.2) is 0 Å². The summed E-state index contributed by atoms with van der Waals surface area (Å²) in [5.74, 6) is 1.69. The molecule has 20 heavy (non-hydrogen) atoms. The molecule has 0 atom stereocenters. The Bertz CT molecular complexity index is 618. The maximum atomic E-state index is 5.48. The van der Waals surface area contributed by atoms with E-state index in [-0.39, 0.29) is 0 Å². The second-order valence-electron chi connectivity index (χ2n) is 5.38. The van der Waals surface area contributed by atoms with Crippen LogP contribution in [0.25, 0.3) is 11.3 Å². The quantitative estimate of drug-likeness (QED) is 0.924. The van der Waals surface area contributed by atoms with Crippen LogP contribution in [0, 0.1) is 13.8 Å². The smallest absolute Gasteiger partial charge is 0.148 e. The molecule has 1 aromatic carbocycles. The van der Waals surface area contributed by atoms with E-state index >= 15 is 0 Å². The Morgan fingerprint density at radius 2 is 1.95 bits per heavy atom. The number of anilines is 1. The zero-order valence-electron chi connectivity index (χ0n) is 12.1. The molecule has 1 N–H and O–H groups in total. The van der Waals surface area contributed by atoms with Crippen molar-refractivity contribution >= 4 is 5.82 Å². The van der Waals surface area contributed by atoms with Gasteiger partial charge >= 0.3 is 0 Å². The van der Waals surface area contributed by atoms with Gasteiger partial charge in [-0.3, -0.25) is 0 Å². The zero-order chi connectivity index (χ0) is 14.1. The van der Waals surface area contributed by atoms with Gasteiger partial charge in [0.1, 0.15) is 11.6 Å². The summed E-state index contributed by atoms with van der Waals surface area (Å²) in [6, 6.07) is 8.74. The zero-order valence-corrected chi connectivity index (χ0v) is 12.1. The minimum atomic E-state index is 0.589. The summed E-state index contributed by atoms with van der Waals surface area (Å²) in [5, 5.41) is 11.9. The molecule has 4 nitrogen and oxygen atoms in total. The van der Waals surface area contributed by atoms with Crippen LogP contribution < -0.4 is 10.1 Å². The lowest BCUT2D eigenvalue weighted by Crippen LogP contribution is -2.04. The van der Waals surface area contributed by atoms with Gasteiger partial charge < -0.3 is 10.1 Å². The third-order valence-electron chi connectivity index (χ3n) is 3.51. The highest BCUT2D eigenvalue weighted by Gasteiger charge is 2.21. The molecule has 0 saturated heterocycles. The van der Waals surface area contributed by atoms with Crippen LogP contribution in [0.5, 0.6) is 5.75 Å². The summed E-state index contributed by atoms with van der Waals surface area (Å²) >= 11 is 0. The molecule has 1 aromatic heterocycles. The van der Waals surface area contributed by atoms with Crippen molar-refractivity contribution in [2.75, 3.05) is 12.4 Å². The fourth-order valence-corrected chi connectivity index (χ4v) is 2.40. The summed E-state index contributed by atoms with van der Waals surface area (Å²) in [6.45, 7) is 4.14. The van der Waals surface area contributed by atoms with Gasteiger partial charge in [0.2, 0.25) is 0 Å². The van der Waals surface area contributed by atoms with Gasteiger partial charge in [-0.05, 0) is 56.0 Å². The number of nitrogens with one attached hydrogen (secondary N) is 1. The van der Waals surface area contributed by atoms with Crippen molar-refractivity contribution in [1.82, 2.24) is 10.2 Å². The van der Waals surface area contributed by atoms with Crippen molar-refractivity contribution in [3.05, 3.63) is 35.4 Å². The largest absolute Gasteiger partial charge is 0.496 e. The van der Waals surface area contributed by atoms with Crippen LogP contribution in [0.15, 0.2) is 24.3 Å². The van der Waals surface area contributed by atoms with Crippen LogP contribution in [0.2, 0.25) is 0 Å². The van der Waals surface area contributed by atoms with Crippen LogP contribution in [-0.4, -0.2) is 23.3 Å². The molecule has 1 aliphatic carbocycles. The molecule has 1 saturated carbocycles. The first-order valence-electron chi connectivity index (χ1n) is 6.93. The molecule has 3 rings (SSSR count). The minimum Gasteiger partial charge on any atom is -0.496 e. The average Bonchev–Trinajstić information content (AvgIpc) is 3.23. The summed E-state index contributed by atoms with van der Waals surface area (Å²) in [5.41, 5.74) is 4.20. The van der Waals surface area contributed by atoms with Gasteiger partial charge in [0.25, 0.3) is 0 Å². The third kappa shape index (κ3) is 2.59. The summed E-state index contributed by atoms with van der Waals surface area (Å²) in [4.78, 5) is 0. The fourth-order valence-electron chi connectivity index (χ4n) is 2.40. The first-order chi connectivity index (χ1) is 9.67. The van der Waals surface area contributed by atoms with Gasteiger partial charge in [-0.15, -0.1) is 10.2 Å². The van der Waals surface area contributed by atoms with Crippen molar-refractivity contribution in [1.29, 1.82) is 0 Å². The van der Waals surface area contributed by atoms with Crippen LogP contribution in [0.3, 0.4) is 0 Å². The number of benzene rings is 1. The van der Waals surface area contributed by atoms with E-state index in [9.17, 15) is 0 Å². The van der Waals surface area contributed by atoms with Gasteiger partial charge in [0.05, 0.1) is 12.8 Å². The predicted octanol–water partition coefficient (Wildman–Crippen LogP) is 3.34. The molecule has 1 aliphatic rings. The first kappa shape index (κ1) is 12.9. The van der Waals surface area contributed by atoms with E-state index < -0.39 is 0 Å². The lowest BCUT2D eigenvalue weighted by atomic mass is 10.0. The number of aromatic nitrogens is 2. The summed E-state index contributed by atoms with van der Waals surface area (Å²) in [7, 11) is 1.69. The number of ether oxygens (including phenoxy) is 1. The highest BCUT2D eigenvalue weighted by atomic mass is 16.5. The Balaban J connectivity index is 1.95. The van der Waals surface area contributed by atoms with Crippen molar-refractivity contribution in [3.63, 3.8) is 0 Å².